The van der Waals surface area contributed by atoms with Gasteiger partial charge < -0.3 is 4.42 Å². The SMILES string of the molecule is Cc1cccc(N2C(=O)NC(=O)/C(=C/c3ccc(-c4ccc(C)cc4Br)o3)C2=O)c1. The summed E-state index contributed by atoms with van der Waals surface area (Å²) in [5.41, 5.74) is 3.04. The maximum atomic E-state index is 13.0. The van der Waals surface area contributed by atoms with Gasteiger partial charge in [0.2, 0.25) is 0 Å². The molecule has 0 atom stereocenters. The van der Waals surface area contributed by atoms with Gasteiger partial charge in [-0.1, -0.05) is 34.1 Å². The number of imide groups is 2. The molecule has 150 valence electrons. The van der Waals surface area contributed by atoms with Gasteiger partial charge in [0.05, 0.1) is 5.69 Å². The van der Waals surface area contributed by atoms with Gasteiger partial charge in [-0.15, -0.1) is 0 Å². The smallest absolute Gasteiger partial charge is 0.335 e. The molecule has 1 saturated heterocycles. The minimum absolute atomic E-state index is 0.181. The van der Waals surface area contributed by atoms with Gasteiger partial charge in [0.25, 0.3) is 11.8 Å². The number of hydrogen-bond donors (Lipinski definition) is 1. The van der Waals surface area contributed by atoms with Crippen molar-refractivity contribution in [2.24, 2.45) is 0 Å². The van der Waals surface area contributed by atoms with E-state index >= 15 is 0 Å². The molecular weight excluding hydrogens is 448 g/mol. The summed E-state index contributed by atoms with van der Waals surface area (Å²) in [6.07, 6.45) is 1.35. The predicted octanol–water partition coefficient (Wildman–Crippen LogP) is 4.99. The van der Waals surface area contributed by atoms with Crippen LogP contribution in [0.15, 0.2) is 69.1 Å². The molecule has 0 saturated carbocycles. The summed E-state index contributed by atoms with van der Waals surface area (Å²) in [5, 5.41) is 2.21. The van der Waals surface area contributed by atoms with E-state index in [-0.39, 0.29) is 5.57 Å². The Morgan fingerprint density at radius 2 is 1.73 bits per heavy atom. The molecular formula is C23H17BrN2O4. The monoisotopic (exact) mass is 464 g/mol. The molecule has 1 aliphatic heterocycles. The second-order valence-corrected chi connectivity index (χ2v) is 7.84. The third kappa shape index (κ3) is 3.71. The van der Waals surface area contributed by atoms with Gasteiger partial charge in [-0.05, 0) is 67.4 Å². The quantitative estimate of drug-likeness (QED) is 0.437. The van der Waals surface area contributed by atoms with E-state index < -0.39 is 17.8 Å². The number of aryl methyl sites for hydroxylation is 2. The first-order valence-corrected chi connectivity index (χ1v) is 9.97. The molecule has 7 heteroatoms. The summed E-state index contributed by atoms with van der Waals surface area (Å²) in [5.74, 6) is -0.550. The molecule has 0 spiro atoms. The van der Waals surface area contributed by atoms with Crippen LogP contribution in [0.3, 0.4) is 0 Å². The number of nitrogens with zero attached hydrogens (tertiary/aromatic N) is 1. The number of rotatable bonds is 3. The summed E-state index contributed by atoms with van der Waals surface area (Å²) < 4.78 is 6.71. The van der Waals surface area contributed by atoms with Gasteiger partial charge in [-0.3, -0.25) is 14.9 Å². The molecule has 3 aromatic rings. The summed E-state index contributed by atoms with van der Waals surface area (Å²) in [6.45, 7) is 3.84. The summed E-state index contributed by atoms with van der Waals surface area (Å²) in [7, 11) is 0. The standard InChI is InChI=1S/C23H17BrN2O4/c1-13-4-3-5-15(10-13)26-22(28)18(21(27)25-23(26)29)12-16-7-9-20(30-16)17-8-6-14(2)11-19(17)24/h3-12H,1-2H3,(H,25,27,29)/b18-12-. The number of hydrogen-bond acceptors (Lipinski definition) is 4. The third-order valence-corrected chi connectivity index (χ3v) is 5.32. The van der Waals surface area contributed by atoms with Crippen LogP contribution in [-0.2, 0) is 9.59 Å². The number of barbiturate groups is 1. The van der Waals surface area contributed by atoms with Gasteiger partial charge in [0.1, 0.15) is 17.1 Å². The predicted molar refractivity (Wildman–Crippen MR) is 117 cm³/mol. The van der Waals surface area contributed by atoms with Crippen LogP contribution < -0.4 is 10.2 Å². The Bertz CT molecular complexity index is 1230. The number of halogens is 1. The third-order valence-electron chi connectivity index (χ3n) is 4.66. The molecule has 0 radical (unpaired) electrons. The van der Waals surface area contributed by atoms with Crippen LogP contribution in [0, 0.1) is 13.8 Å². The van der Waals surface area contributed by atoms with Crippen molar-refractivity contribution in [3.63, 3.8) is 0 Å². The Kier molecular flexibility index (Phi) is 5.13. The Morgan fingerprint density at radius 3 is 2.47 bits per heavy atom. The molecule has 1 aliphatic rings. The Morgan fingerprint density at radius 1 is 0.967 bits per heavy atom. The first-order chi connectivity index (χ1) is 14.3. The minimum Gasteiger partial charge on any atom is -0.457 e. The van der Waals surface area contributed by atoms with Gasteiger partial charge in [0, 0.05) is 10.0 Å². The topological polar surface area (TPSA) is 79.6 Å². The van der Waals surface area contributed by atoms with Crippen molar-refractivity contribution in [1.82, 2.24) is 5.32 Å². The molecule has 4 amide bonds. The molecule has 1 aromatic heterocycles. The van der Waals surface area contributed by atoms with Crippen molar-refractivity contribution >= 4 is 45.5 Å². The van der Waals surface area contributed by atoms with Crippen LogP contribution in [0.2, 0.25) is 0 Å². The zero-order chi connectivity index (χ0) is 21.4. The molecule has 0 aliphatic carbocycles. The average Bonchev–Trinajstić information content (AvgIpc) is 3.13. The van der Waals surface area contributed by atoms with E-state index in [0.29, 0.717) is 17.2 Å². The van der Waals surface area contributed by atoms with Gasteiger partial charge in [-0.2, -0.15) is 0 Å². The Labute approximate surface area is 181 Å². The number of urea groups is 1. The lowest BCUT2D eigenvalue weighted by molar-refractivity contribution is -0.122. The van der Waals surface area contributed by atoms with Crippen LogP contribution >= 0.6 is 15.9 Å². The summed E-state index contributed by atoms with van der Waals surface area (Å²) in [6, 6.07) is 15.4. The summed E-state index contributed by atoms with van der Waals surface area (Å²) in [4.78, 5) is 38.5. The lowest BCUT2D eigenvalue weighted by atomic mass is 10.1. The molecule has 2 heterocycles. The highest BCUT2D eigenvalue weighted by Crippen LogP contribution is 2.31. The van der Waals surface area contributed by atoms with Crippen molar-refractivity contribution < 1.29 is 18.8 Å². The van der Waals surface area contributed by atoms with E-state index in [1.807, 2.05) is 38.1 Å². The maximum Gasteiger partial charge on any atom is 0.335 e. The Hall–Kier alpha value is -3.45. The van der Waals surface area contributed by atoms with Crippen molar-refractivity contribution in [2.75, 3.05) is 4.90 Å². The normalized spacial score (nSPS) is 15.6. The second-order valence-electron chi connectivity index (χ2n) is 6.98. The van der Waals surface area contributed by atoms with E-state index in [0.717, 1.165) is 26.1 Å². The molecule has 6 nitrogen and oxygen atoms in total. The molecule has 30 heavy (non-hydrogen) atoms. The fourth-order valence-corrected chi connectivity index (χ4v) is 3.89. The van der Waals surface area contributed by atoms with Crippen LogP contribution in [0.25, 0.3) is 17.4 Å². The molecule has 0 bridgehead atoms. The van der Waals surface area contributed by atoms with Gasteiger partial charge >= 0.3 is 6.03 Å². The van der Waals surface area contributed by atoms with Crippen LogP contribution in [0.5, 0.6) is 0 Å². The van der Waals surface area contributed by atoms with Gasteiger partial charge in [0.15, 0.2) is 0 Å². The largest absolute Gasteiger partial charge is 0.457 e. The molecule has 1 N–H and O–H groups in total. The molecule has 0 unspecified atom stereocenters. The van der Waals surface area contributed by atoms with Crippen LogP contribution in [0.1, 0.15) is 16.9 Å². The second kappa shape index (κ2) is 7.76. The highest BCUT2D eigenvalue weighted by molar-refractivity contribution is 9.10. The lowest BCUT2D eigenvalue weighted by Crippen LogP contribution is -2.54. The number of amides is 4. The van der Waals surface area contributed by atoms with Crippen molar-refractivity contribution in [1.29, 1.82) is 0 Å². The molecule has 2 aromatic carbocycles. The molecule has 1 fully saturated rings. The number of nitrogens with one attached hydrogen (secondary N) is 1. The van der Waals surface area contributed by atoms with Crippen LogP contribution in [-0.4, -0.2) is 17.8 Å². The zero-order valence-electron chi connectivity index (χ0n) is 16.2. The van der Waals surface area contributed by atoms with Crippen LogP contribution in [0.4, 0.5) is 10.5 Å². The van der Waals surface area contributed by atoms with Crippen molar-refractivity contribution in [3.05, 3.63) is 81.5 Å². The van der Waals surface area contributed by atoms with E-state index in [1.165, 1.54) is 6.08 Å². The average molecular weight is 465 g/mol. The van der Waals surface area contributed by atoms with Gasteiger partial charge in [-0.25, -0.2) is 9.69 Å². The first kappa shape index (κ1) is 19.8. The Balaban J connectivity index is 1.69. The first-order valence-electron chi connectivity index (χ1n) is 9.18. The lowest BCUT2D eigenvalue weighted by Gasteiger charge is -2.26. The van der Waals surface area contributed by atoms with E-state index in [4.69, 9.17) is 4.42 Å². The highest BCUT2D eigenvalue weighted by Gasteiger charge is 2.37. The zero-order valence-corrected chi connectivity index (χ0v) is 17.8. The highest BCUT2D eigenvalue weighted by atomic mass is 79.9. The summed E-state index contributed by atoms with van der Waals surface area (Å²) >= 11 is 3.52. The maximum absolute atomic E-state index is 13.0. The minimum atomic E-state index is -0.781. The van der Waals surface area contributed by atoms with E-state index in [1.54, 1.807) is 30.3 Å². The number of furan rings is 1. The fraction of sp³-hybridized carbons (Fsp3) is 0.0870. The molecule has 4 rings (SSSR count). The number of benzene rings is 2. The van der Waals surface area contributed by atoms with E-state index in [2.05, 4.69) is 21.2 Å². The van der Waals surface area contributed by atoms with Crippen molar-refractivity contribution in [2.45, 2.75) is 13.8 Å². The fourth-order valence-electron chi connectivity index (χ4n) is 3.20. The number of carbonyl (C=O) groups excluding carboxylic acids is 3. The van der Waals surface area contributed by atoms with Crippen molar-refractivity contribution in [3.8, 4) is 11.3 Å². The number of carbonyl (C=O) groups is 3. The van der Waals surface area contributed by atoms with E-state index in [9.17, 15) is 14.4 Å². The number of anilines is 1.